The maximum atomic E-state index is 14.0. The SMILES string of the molecule is COC(=O)[C@H]1Cc2c([nH]c3ccccc23)[C@H](c2ccccc2)N1C(=O)COC(=N)N1CCC[C@@H]1F. The van der Waals surface area contributed by atoms with Crippen LogP contribution in [-0.2, 0) is 25.5 Å². The molecule has 2 aromatic carbocycles. The number of nitrogens with one attached hydrogen (secondary N) is 2. The van der Waals surface area contributed by atoms with Gasteiger partial charge in [-0.05, 0) is 30.0 Å². The van der Waals surface area contributed by atoms with E-state index in [2.05, 4.69) is 4.98 Å². The first kappa shape index (κ1) is 22.9. The molecule has 182 valence electrons. The minimum Gasteiger partial charge on any atom is -0.467 e. The number of H-pyrrole nitrogens is 1. The number of aromatic nitrogens is 1. The minimum absolute atomic E-state index is 0.275. The summed E-state index contributed by atoms with van der Waals surface area (Å²) >= 11 is 0. The summed E-state index contributed by atoms with van der Waals surface area (Å²) in [6, 6.07) is 15.4. The summed E-state index contributed by atoms with van der Waals surface area (Å²) in [6.45, 7) is -0.123. The van der Waals surface area contributed by atoms with Gasteiger partial charge in [0.25, 0.3) is 11.9 Å². The number of nitrogens with zero attached hydrogens (tertiary/aromatic N) is 2. The van der Waals surface area contributed by atoms with Crippen LogP contribution in [0, 0.1) is 5.41 Å². The predicted molar refractivity (Wildman–Crippen MR) is 127 cm³/mol. The first-order valence-electron chi connectivity index (χ1n) is 11.6. The normalized spacial score (nSPS) is 21.6. The molecule has 2 aliphatic rings. The van der Waals surface area contributed by atoms with Gasteiger partial charge in [0, 0.05) is 29.6 Å². The fourth-order valence-corrected chi connectivity index (χ4v) is 5.14. The summed E-state index contributed by atoms with van der Waals surface area (Å²) in [7, 11) is 1.30. The van der Waals surface area contributed by atoms with Crippen LogP contribution < -0.4 is 0 Å². The fraction of sp³-hybridized carbons (Fsp3) is 0.346. The number of carbonyl (C=O) groups is 2. The van der Waals surface area contributed by atoms with Gasteiger partial charge < -0.3 is 19.4 Å². The van der Waals surface area contributed by atoms with Gasteiger partial charge in [-0.25, -0.2) is 9.18 Å². The second-order valence-corrected chi connectivity index (χ2v) is 8.78. The van der Waals surface area contributed by atoms with E-state index in [1.165, 1.54) is 16.9 Å². The lowest BCUT2D eigenvalue weighted by Gasteiger charge is -2.41. The van der Waals surface area contributed by atoms with Crippen molar-refractivity contribution in [1.82, 2.24) is 14.8 Å². The van der Waals surface area contributed by atoms with Gasteiger partial charge in [0.05, 0.1) is 13.2 Å². The lowest BCUT2D eigenvalue weighted by Crippen LogP contribution is -2.53. The van der Waals surface area contributed by atoms with E-state index in [1.54, 1.807) is 0 Å². The largest absolute Gasteiger partial charge is 0.467 e. The molecule has 2 N–H and O–H groups in total. The van der Waals surface area contributed by atoms with Crippen molar-refractivity contribution in [3.8, 4) is 0 Å². The summed E-state index contributed by atoms with van der Waals surface area (Å²) in [5.41, 5.74) is 3.52. The van der Waals surface area contributed by atoms with Gasteiger partial charge in [-0.2, -0.15) is 0 Å². The average molecular weight is 479 g/mol. The number of likely N-dealkylation sites (tertiary alicyclic amines) is 1. The Morgan fingerprint density at radius 2 is 1.89 bits per heavy atom. The second kappa shape index (κ2) is 9.40. The zero-order valence-electron chi connectivity index (χ0n) is 19.4. The summed E-state index contributed by atoms with van der Waals surface area (Å²) in [4.78, 5) is 32.7. The van der Waals surface area contributed by atoms with Crippen molar-refractivity contribution in [2.24, 2.45) is 0 Å². The summed E-state index contributed by atoms with van der Waals surface area (Å²) in [6.07, 6.45) is -0.0649. The van der Waals surface area contributed by atoms with Crippen LogP contribution in [-0.4, -0.2) is 65.3 Å². The highest BCUT2D eigenvalue weighted by Gasteiger charge is 2.44. The Morgan fingerprint density at radius 1 is 1.14 bits per heavy atom. The number of ether oxygens (including phenoxy) is 2. The number of esters is 1. The van der Waals surface area contributed by atoms with Crippen molar-refractivity contribution < 1.29 is 23.5 Å². The van der Waals surface area contributed by atoms with Crippen molar-refractivity contribution in [3.63, 3.8) is 0 Å². The molecule has 8 nitrogen and oxygen atoms in total. The number of hydrogen-bond acceptors (Lipinski definition) is 5. The highest BCUT2D eigenvalue weighted by molar-refractivity contribution is 5.91. The van der Waals surface area contributed by atoms with Crippen LogP contribution in [0.4, 0.5) is 4.39 Å². The molecule has 3 atom stereocenters. The molecule has 35 heavy (non-hydrogen) atoms. The third-order valence-electron chi connectivity index (χ3n) is 6.78. The number of carbonyl (C=O) groups excluding carboxylic acids is 2. The Morgan fingerprint density at radius 3 is 2.60 bits per heavy atom. The van der Waals surface area contributed by atoms with E-state index in [0.29, 0.717) is 19.4 Å². The number of rotatable bonds is 4. The highest BCUT2D eigenvalue weighted by Crippen LogP contribution is 2.41. The molecule has 9 heteroatoms. The van der Waals surface area contributed by atoms with Crippen LogP contribution in [0.15, 0.2) is 54.6 Å². The highest BCUT2D eigenvalue weighted by atomic mass is 19.1. The Kier molecular flexibility index (Phi) is 6.15. The first-order valence-corrected chi connectivity index (χ1v) is 11.6. The minimum atomic E-state index is -1.29. The molecule has 0 saturated carbocycles. The van der Waals surface area contributed by atoms with Crippen LogP contribution in [0.25, 0.3) is 10.9 Å². The molecule has 1 fully saturated rings. The lowest BCUT2D eigenvalue weighted by molar-refractivity contribution is -0.156. The van der Waals surface area contributed by atoms with Gasteiger partial charge in [-0.3, -0.25) is 15.1 Å². The Balaban J connectivity index is 1.53. The van der Waals surface area contributed by atoms with Crippen LogP contribution in [0.3, 0.4) is 0 Å². The van der Waals surface area contributed by atoms with Crippen LogP contribution >= 0.6 is 0 Å². The molecule has 1 saturated heterocycles. The van der Waals surface area contributed by atoms with Crippen LogP contribution in [0.5, 0.6) is 0 Å². The van der Waals surface area contributed by atoms with E-state index in [-0.39, 0.29) is 12.4 Å². The van der Waals surface area contributed by atoms with E-state index in [1.807, 2.05) is 54.6 Å². The molecule has 5 rings (SSSR count). The van der Waals surface area contributed by atoms with E-state index >= 15 is 0 Å². The van der Waals surface area contributed by atoms with Gasteiger partial charge in [0.15, 0.2) is 12.9 Å². The molecule has 0 bridgehead atoms. The molecule has 0 unspecified atom stereocenters. The standard InChI is InChI=1S/C26H27FN4O4/c1-34-25(33)20-14-18-17-10-5-6-11-19(17)29-23(18)24(16-8-3-2-4-9-16)31(20)22(32)15-35-26(28)30-13-7-12-21(30)27/h2-6,8-11,20-21,24,28-29H,7,12-15H2,1H3/t20-,21-,24+/m1/s1. The molecule has 0 spiro atoms. The molecule has 0 aliphatic carbocycles. The summed E-state index contributed by atoms with van der Waals surface area (Å²) in [5.74, 6) is -1.02. The fourth-order valence-electron chi connectivity index (χ4n) is 5.14. The van der Waals surface area contributed by atoms with Gasteiger partial charge in [0.2, 0.25) is 0 Å². The number of halogens is 1. The third kappa shape index (κ3) is 4.11. The number of benzene rings is 2. The first-order chi connectivity index (χ1) is 17.0. The zero-order chi connectivity index (χ0) is 24.5. The van der Waals surface area contributed by atoms with Crippen LogP contribution in [0.2, 0.25) is 0 Å². The zero-order valence-corrected chi connectivity index (χ0v) is 19.4. The van der Waals surface area contributed by atoms with Gasteiger partial charge in [-0.1, -0.05) is 48.5 Å². The van der Waals surface area contributed by atoms with Crippen molar-refractivity contribution in [2.45, 2.75) is 37.6 Å². The average Bonchev–Trinajstić information content (AvgIpc) is 3.49. The number of amides is 1. The van der Waals surface area contributed by atoms with Crippen molar-refractivity contribution in [2.75, 3.05) is 20.3 Å². The Hall–Kier alpha value is -3.88. The molecule has 1 aromatic heterocycles. The number of amidine groups is 1. The maximum Gasteiger partial charge on any atom is 0.328 e. The molecule has 0 radical (unpaired) electrons. The summed E-state index contributed by atoms with van der Waals surface area (Å²) in [5, 5.41) is 9.09. The number of aromatic amines is 1. The van der Waals surface area contributed by atoms with E-state index < -0.39 is 36.9 Å². The summed E-state index contributed by atoms with van der Waals surface area (Å²) < 4.78 is 24.5. The van der Waals surface area contributed by atoms with Gasteiger partial charge in [0.1, 0.15) is 6.04 Å². The smallest absolute Gasteiger partial charge is 0.328 e. The van der Waals surface area contributed by atoms with Crippen LogP contribution in [0.1, 0.15) is 35.7 Å². The molecule has 3 heterocycles. The monoisotopic (exact) mass is 478 g/mol. The number of fused-ring (bicyclic) bond motifs is 3. The quantitative estimate of drug-likeness (QED) is 0.259. The number of para-hydroxylation sites is 1. The van der Waals surface area contributed by atoms with Crippen molar-refractivity contribution in [3.05, 3.63) is 71.4 Å². The molecule has 1 amide bonds. The second-order valence-electron chi connectivity index (χ2n) is 8.78. The molecular weight excluding hydrogens is 451 g/mol. The molecular formula is C26H27FN4O4. The van der Waals surface area contributed by atoms with Gasteiger partial charge in [-0.15, -0.1) is 0 Å². The lowest BCUT2D eigenvalue weighted by atomic mass is 9.88. The van der Waals surface area contributed by atoms with Gasteiger partial charge >= 0.3 is 5.97 Å². The van der Waals surface area contributed by atoms with Crippen molar-refractivity contribution >= 4 is 28.8 Å². The topological polar surface area (TPSA) is 98.7 Å². The Bertz CT molecular complexity index is 1260. The molecule has 2 aliphatic heterocycles. The Labute approximate surface area is 202 Å². The van der Waals surface area contributed by atoms with Crippen molar-refractivity contribution in [1.29, 1.82) is 5.41 Å². The van der Waals surface area contributed by atoms with E-state index in [9.17, 15) is 14.0 Å². The number of alkyl halides is 1. The number of methoxy groups -OCH3 is 1. The van der Waals surface area contributed by atoms with E-state index in [4.69, 9.17) is 14.9 Å². The third-order valence-corrected chi connectivity index (χ3v) is 6.78. The maximum absolute atomic E-state index is 14.0. The predicted octanol–water partition coefficient (Wildman–Crippen LogP) is 3.53. The van der Waals surface area contributed by atoms with E-state index in [0.717, 1.165) is 27.7 Å². The number of hydrogen-bond donors (Lipinski definition) is 2. The molecule has 3 aromatic rings.